The maximum atomic E-state index is 12.6. The summed E-state index contributed by atoms with van der Waals surface area (Å²) < 4.78 is 27.2. The molecule has 1 atom stereocenters. The van der Waals surface area contributed by atoms with E-state index < -0.39 is 10.0 Å². The predicted molar refractivity (Wildman–Crippen MR) is 84.3 cm³/mol. The van der Waals surface area contributed by atoms with Crippen molar-refractivity contribution in [3.8, 4) is 0 Å². The van der Waals surface area contributed by atoms with Crippen LogP contribution in [0.2, 0.25) is 5.02 Å². The molecule has 0 spiro atoms. The molecule has 2 N–H and O–H groups in total. The lowest BCUT2D eigenvalue weighted by Gasteiger charge is -2.33. The molecule has 0 bridgehead atoms. The Morgan fingerprint density at radius 3 is 2.50 bits per heavy atom. The Labute approximate surface area is 133 Å². The third kappa shape index (κ3) is 3.36. The van der Waals surface area contributed by atoms with Gasteiger partial charge < -0.3 is 5.73 Å². The Morgan fingerprint density at radius 1 is 1.40 bits per heavy atom. The van der Waals surface area contributed by atoms with Crippen molar-refractivity contribution in [3.05, 3.63) is 27.7 Å². The number of piperidine rings is 1. The quantitative estimate of drug-likeness (QED) is 0.875. The number of benzene rings is 1. The summed E-state index contributed by atoms with van der Waals surface area (Å²) in [5.74, 6) is 0.401. The van der Waals surface area contributed by atoms with Crippen LogP contribution in [0.1, 0.15) is 19.8 Å². The molecule has 1 aliphatic heterocycles. The first kappa shape index (κ1) is 16.2. The molecule has 1 aliphatic rings. The number of hydrogen-bond donors (Lipinski definition) is 1. The summed E-state index contributed by atoms with van der Waals surface area (Å²) in [6.45, 7) is 3.02. The lowest BCUT2D eigenvalue weighted by atomic mass is 9.92. The highest BCUT2D eigenvalue weighted by atomic mass is 79.9. The van der Waals surface area contributed by atoms with E-state index in [1.165, 1.54) is 4.31 Å². The standard InChI is InChI=1S/C13H18BrClN2O2S/c1-9(16)10-4-6-17(7-5-10)20(18,19)11-2-3-13(15)12(14)8-11/h2-3,8-10H,4-7,16H2,1H3. The normalized spacial score (nSPS) is 20.0. The van der Waals surface area contributed by atoms with Crippen LogP contribution >= 0.6 is 27.5 Å². The van der Waals surface area contributed by atoms with Crippen molar-refractivity contribution in [1.29, 1.82) is 0 Å². The van der Waals surface area contributed by atoms with E-state index in [9.17, 15) is 8.42 Å². The number of hydrogen-bond acceptors (Lipinski definition) is 3. The molecule has 1 aromatic rings. The summed E-state index contributed by atoms with van der Waals surface area (Å²) in [5, 5.41) is 0.500. The van der Waals surface area contributed by atoms with Gasteiger partial charge in [0.1, 0.15) is 0 Å². The van der Waals surface area contributed by atoms with E-state index in [1.54, 1.807) is 18.2 Å². The maximum Gasteiger partial charge on any atom is 0.243 e. The van der Waals surface area contributed by atoms with E-state index in [1.807, 2.05) is 6.92 Å². The van der Waals surface area contributed by atoms with Crippen molar-refractivity contribution in [1.82, 2.24) is 4.31 Å². The molecule has 2 rings (SSSR count). The predicted octanol–water partition coefficient (Wildman–Crippen LogP) is 2.85. The average molecular weight is 382 g/mol. The van der Waals surface area contributed by atoms with Crippen molar-refractivity contribution >= 4 is 37.6 Å². The molecule has 0 saturated carbocycles. The Balaban J connectivity index is 2.17. The van der Waals surface area contributed by atoms with Crippen molar-refractivity contribution in [2.75, 3.05) is 13.1 Å². The van der Waals surface area contributed by atoms with Crippen molar-refractivity contribution < 1.29 is 8.42 Å². The molecule has 0 radical (unpaired) electrons. The lowest BCUT2D eigenvalue weighted by Crippen LogP contribution is -2.42. The summed E-state index contributed by atoms with van der Waals surface area (Å²) in [4.78, 5) is 0.271. The van der Waals surface area contributed by atoms with Gasteiger partial charge in [-0.25, -0.2) is 8.42 Å². The number of nitrogens with zero attached hydrogens (tertiary/aromatic N) is 1. The van der Waals surface area contributed by atoms with E-state index in [2.05, 4.69) is 15.9 Å². The Kier molecular flexibility index (Phi) is 5.13. The van der Waals surface area contributed by atoms with Crippen molar-refractivity contribution in [2.45, 2.75) is 30.7 Å². The maximum absolute atomic E-state index is 12.6. The van der Waals surface area contributed by atoms with Crippen LogP contribution in [0.25, 0.3) is 0 Å². The number of sulfonamides is 1. The summed E-state index contributed by atoms with van der Waals surface area (Å²) in [5.41, 5.74) is 5.88. The molecule has 7 heteroatoms. The minimum atomic E-state index is -3.45. The van der Waals surface area contributed by atoms with Crippen LogP contribution < -0.4 is 5.73 Å². The zero-order valence-electron chi connectivity index (χ0n) is 11.2. The second-order valence-electron chi connectivity index (χ2n) is 5.18. The monoisotopic (exact) mass is 380 g/mol. The Hall–Kier alpha value is -0.140. The Morgan fingerprint density at radius 2 is 2.00 bits per heavy atom. The highest BCUT2D eigenvalue weighted by molar-refractivity contribution is 9.10. The molecule has 1 fully saturated rings. The van der Waals surface area contributed by atoms with Crippen LogP contribution in [0.5, 0.6) is 0 Å². The van der Waals surface area contributed by atoms with E-state index in [0.29, 0.717) is 28.5 Å². The van der Waals surface area contributed by atoms with E-state index >= 15 is 0 Å². The van der Waals surface area contributed by atoms with Gasteiger partial charge in [0.25, 0.3) is 0 Å². The molecule has 1 heterocycles. The topological polar surface area (TPSA) is 63.4 Å². The van der Waals surface area contributed by atoms with Gasteiger partial charge in [-0.1, -0.05) is 11.6 Å². The first-order chi connectivity index (χ1) is 9.32. The first-order valence-electron chi connectivity index (χ1n) is 6.53. The first-order valence-corrected chi connectivity index (χ1v) is 9.14. The highest BCUT2D eigenvalue weighted by Gasteiger charge is 2.30. The van der Waals surface area contributed by atoms with Crippen molar-refractivity contribution in [2.24, 2.45) is 11.7 Å². The fourth-order valence-electron chi connectivity index (χ4n) is 2.43. The molecule has 0 amide bonds. The molecule has 4 nitrogen and oxygen atoms in total. The van der Waals surface area contributed by atoms with E-state index in [4.69, 9.17) is 17.3 Å². The summed E-state index contributed by atoms with van der Waals surface area (Å²) >= 11 is 9.16. The molecule has 20 heavy (non-hydrogen) atoms. The molecule has 1 aromatic carbocycles. The zero-order valence-corrected chi connectivity index (χ0v) is 14.4. The fraction of sp³-hybridized carbons (Fsp3) is 0.538. The number of rotatable bonds is 3. The van der Waals surface area contributed by atoms with Gasteiger partial charge in [-0.2, -0.15) is 4.31 Å². The third-order valence-corrected chi connectivity index (χ3v) is 6.88. The SMILES string of the molecule is CC(N)C1CCN(S(=O)(=O)c2ccc(Cl)c(Br)c2)CC1. The summed E-state index contributed by atoms with van der Waals surface area (Å²) in [6.07, 6.45) is 1.62. The zero-order chi connectivity index (χ0) is 14.9. The van der Waals surface area contributed by atoms with Gasteiger partial charge in [0.15, 0.2) is 0 Å². The minimum absolute atomic E-state index is 0.115. The second kappa shape index (κ2) is 6.32. The average Bonchev–Trinajstić information content (AvgIpc) is 2.41. The molecule has 0 aromatic heterocycles. The smallest absolute Gasteiger partial charge is 0.243 e. The summed E-state index contributed by atoms with van der Waals surface area (Å²) in [7, 11) is -3.45. The van der Waals surface area contributed by atoms with Gasteiger partial charge >= 0.3 is 0 Å². The highest BCUT2D eigenvalue weighted by Crippen LogP contribution is 2.29. The molecule has 112 valence electrons. The number of halogens is 2. The molecule has 1 saturated heterocycles. The van der Waals surface area contributed by atoms with E-state index in [-0.39, 0.29) is 10.9 Å². The van der Waals surface area contributed by atoms with Crippen LogP contribution in [0.3, 0.4) is 0 Å². The van der Waals surface area contributed by atoms with E-state index in [0.717, 1.165) is 12.8 Å². The third-order valence-electron chi connectivity index (χ3n) is 3.77. The lowest BCUT2D eigenvalue weighted by molar-refractivity contribution is 0.250. The molecule has 0 aliphatic carbocycles. The van der Waals surface area contributed by atoms with Crippen LogP contribution in [0, 0.1) is 5.92 Å². The second-order valence-corrected chi connectivity index (χ2v) is 8.38. The summed E-state index contributed by atoms with van der Waals surface area (Å²) in [6, 6.07) is 4.80. The minimum Gasteiger partial charge on any atom is -0.328 e. The van der Waals surface area contributed by atoms with Gasteiger partial charge in [0.05, 0.1) is 9.92 Å². The van der Waals surface area contributed by atoms with Gasteiger partial charge in [0, 0.05) is 23.6 Å². The molecule has 1 unspecified atom stereocenters. The van der Waals surface area contributed by atoms with Crippen LogP contribution in [-0.4, -0.2) is 31.9 Å². The van der Waals surface area contributed by atoms with Crippen LogP contribution in [0.4, 0.5) is 0 Å². The largest absolute Gasteiger partial charge is 0.328 e. The van der Waals surface area contributed by atoms with Crippen LogP contribution in [0.15, 0.2) is 27.6 Å². The van der Waals surface area contributed by atoms with Gasteiger partial charge in [0.2, 0.25) is 10.0 Å². The van der Waals surface area contributed by atoms with Gasteiger partial charge in [-0.15, -0.1) is 0 Å². The van der Waals surface area contributed by atoms with Crippen LogP contribution in [-0.2, 0) is 10.0 Å². The Bertz CT molecular complexity index is 584. The molecular formula is C13H18BrClN2O2S. The fourth-order valence-corrected chi connectivity index (χ4v) is 4.57. The van der Waals surface area contributed by atoms with Crippen molar-refractivity contribution in [3.63, 3.8) is 0 Å². The van der Waals surface area contributed by atoms with Gasteiger partial charge in [-0.05, 0) is 59.8 Å². The molecular weight excluding hydrogens is 364 g/mol. The van der Waals surface area contributed by atoms with Gasteiger partial charge in [-0.3, -0.25) is 0 Å². The number of nitrogens with two attached hydrogens (primary N) is 1.